The van der Waals surface area contributed by atoms with Gasteiger partial charge in [-0.25, -0.2) is 0 Å². The van der Waals surface area contributed by atoms with E-state index in [-0.39, 0.29) is 17.8 Å². The van der Waals surface area contributed by atoms with E-state index in [0.29, 0.717) is 12.3 Å². The van der Waals surface area contributed by atoms with Gasteiger partial charge in [-0.05, 0) is 50.5 Å². The lowest BCUT2D eigenvalue weighted by molar-refractivity contribution is -0.216. The van der Waals surface area contributed by atoms with Crippen molar-refractivity contribution in [1.29, 1.82) is 0 Å². The normalized spacial score (nSPS) is 48.8. The minimum Gasteiger partial charge on any atom is -0.389 e. The monoisotopic (exact) mass is 348 g/mol. The summed E-state index contributed by atoms with van der Waals surface area (Å²) >= 11 is 0. The molecule has 0 amide bonds. The summed E-state index contributed by atoms with van der Waals surface area (Å²) in [4.78, 5) is 13.7. The molecule has 4 heteroatoms. The Morgan fingerprint density at radius 1 is 1.24 bits per heavy atom. The summed E-state index contributed by atoms with van der Waals surface area (Å²) in [5.74, 6) is 0.791. The van der Waals surface area contributed by atoms with Gasteiger partial charge in [-0.1, -0.05) is 26.3 Å². The minimum absolute atomic E-state index is 0.175. The molecule has 4 nitrogen and oxygen atoms in total. The first-order valence-corrected chi connectivity index (χ1v) is 9.77. The number of Topliss-reactive ketones (excluding diaryl/α,β-unsaturated/α-hetero) is 1. The van der Waals surface area contributed by atoms with Crippen molar-refractivity contribution in [3.05, 3.63) is 11.1 Å². The fourth-order valence-corrected chi connectivity index (χ4v) is 6.35. The topological polar surface area (TPSA) is 55.8 Å². The van der Waals surface area contributed by atoms with Crippen molar-refractivity contribution in [2.24, 2.45) is 22.7 Å². The van der Waals surface area contributed by atoms with Crippen LogP contribution in [0.4, 0.5) is 0 Å². The average Bonchev–Trinajstić information content (AvgIpc) is 2.51. The Hall–Kier alpha value is -0.710. The summed E-state index contributed by atoms with van der Waals surface area (Å²) in [6.07, 6.45) is 3.83. The van der Waals surface area contributed by atoms with E-state index in [1.165, 1.54) is 5.57 Å². The number of rotatable bonds is 1. The highest BCUT2D eigenvalue weighted by molar-refractivity contribution is 5.92. The molecule has 0 aromatic carbocycles. The average molecular weight is 348 g/mol. The molecular formula is C21H32O4. The first-order chi connectivity index (χ1) is 11.7. The molecule has 1 N–H and O–H groups in total. The standard InChI is InChI=1S/C21H32O4/c1-12-6-9-21(23)10-14-13-11-25-15(13)7-8-20(14,4)18(22)17(24-5)16(12)19(21,2)3/h13-15,17,23H,6-11H2,1-5H3. The van der Waals surface area contributed by atoms with Crippen LogP contribution < -0.4 is 0 Å². The Morgan fingerprint density at radius 2 is 1.96 bits per heavy atom. The highest BCUT2D eigenvalue weighted by Crippen LogP contribution is 2.61. The lowest BCUT2D eigenvalue weighted by atomic mass is 9.48. The lowest BCUT2D eigenvalue weighted by Crippen LogP contribution is -2.64. The van der Waals surface area contributed by atoms with Crippen LogP contribution in [0.5, 0.6) is 0 Å². The van der Waals surface area contributed by atoms with Crippen molar-refractivity contribution in [2.45, 2.75) is 77.6 Å². The zero-order chi connectivity index (χ0) is 18.2. The van der Waals surface area contributed by atoms with Crippen molar-refractivity contribution in [2.75, 3.05) is 13.7 Å². The number of ether oxygens (including phenoxy) is 2. The maximum Gasteiger partial charge on any atom is 0.171 e. The number of hydrogen-bond donors (Lipinski definition) is 1. The molecule has 3 fully saturated rings. The third-order valence-corrected chi connectivity index (χ3v) is 8.33. The molecule has 0 spiro atoms. The van der Waals surface area contributed by atoms with Gasteiger partial charge in [0.15, 0.2) is 5.78 Å². The van der Waals surface area contributed by atoms with Gasteiger partial charge in [0.2, 0.25) is 0 Å². The van der Waals surface area contributed by atoms with Crippen molar-refractivity contribution >= 4 is 5.78 Å². The van der Waals surface area contributed by atoms with E-state index < -0.39 is 22.5 Å². The molecule has 1 aliphatic heterocycles. The molecule has 2 saturated carbocycles. The maximum absolute atomic E-state index is 13.7. The molecule has 140 valence electrons. The number of carbonyl (C=O) groups excluding carboxylic acids is 1. The van der Waals surface area contributed by atoms with Gasteiger partial charge in [-0.3, -0.25) is 4.79 Å². The van der Waals surface area contributed by atoms with E-state index >= 15 is 0 Å². The predicted octanol–water partition coefficient (Wildman–Crippen LogP) is 3.27. The van der Waals surface area contributed by atoms with E-state index in [1.54, 1.807) is 7.11 Å². The molecule has 0 aromatic rings. The van der Waals surface area contributed by atoms with E-state index in [1.807, 2.05) is 0 Å². The molecule has 1 heterocycles. The number of methoxy groups -OCH3 is 1. The van der Waals surface area contributed by atoms with E-state index in [2.05, 4.69) is 27.7 Å². The van der Waals surface area contributed by atoms with Gasteiger partial charge < -0.3 is 14.6 Å². The van der Waals surface area contributed by atoms with Crippen molar-refractivity contribution in [1.82, 2.24) is 0 Å². The van der Waals surface area contributed by atoms with Crippen LogP contribution in [0.15, 0.2) is 11.1 Å². The largest absolute Gasteiger partial charge is 0.389 e. The summed E-state index contributed by atoms with van der Waals surface area (Å²) in [6.45, 7) is 9.16. The zero-order valence-corrected chi connectivity index (χ0v) is 16.2. The molecule has 25 heavy (non-hydrogen) atoms. The smallest absolute Gasteiger partial charge is 0.171 e. The Labute approximate surface area is 151 Å². The molecule has 0 radical (unpaired) electrons. The number of fused-ring (bicyclic) bond motifs is 5. The summed E-state index contributed by atoms with van der Waals surface area (Å²) in [5.41, 5.74) is 0.574. The Kier molecular flexibility index (Phi) is 3.82. The molecule has 4 aliphatic rings. The Bertz CT molecular complexity index is 636. The SMILES string of the molecule is COC1C(=O)C2(C)CCC3OCC3C2CC2(O)CCC(C)=C1C2(C)C. The van der Waals surface area contributed by atoms with Crippen LogP contribution in [0, 0.1) is 22.7 Å². The van der Waals surface area contributed by atoms with Crippen LogP contribution in [0.25, 0.3) is 0 Å². The first kappa shape index (κ1) is 17.7. The second-order valence-electron chi connectivity index (χ2n) is 9.63. The second kappa shape index (κ2) is 5.40. The zero-order valence-electron chi connectivity index (χ0n) is 16.2. The first-order valence-electron chi connectivity index (χ1n) is 9.77. The van der Waals surface area contributed by atoms with Gasteiger partial charge in [-0.2, -0.15) is 0 Å². The van der Waals surface area contributed by atoms with Crippen LogP contribution in [-0.4, -0.2) is 42.4 Å². The summed E-state index contributed by atoms with van der Waals surface area (Å²) in [7, 11) is 1.64. The molecular weight excluding hydrogens is 316 g/mol. The minimum atomic E-state index is -0.789. The third kappa shape index (κ3) is 2.14. The van der Waals surface area contributed by atoms with Gasteiger partial charge in [0.05, 0.1) is 18.3 Å². The van der Waals surface area contributed by atoms with Crippen LogP contribution in [0.3, 0.4) is 0 Å². The molecule has 1 saturated heterocycles. The summed E-state index contributed by atoms with van der Waals surface area (Å²) < 4.78 is 11.6. The molecule has 4 rings (SSSR count). The van der Waals surface area contributed by atoms with Gasteiger partial charge >= 0.3 is 0 Å². The quantitative estimate of drug-likeness (QED) is 0.739. The summed E-state index contributed by atoms with van der Waals surface area (Å²) in [5, 5.41) is 11.8. The second-order valence-corrected chi connectivity index (χ2v) is 9.63. The van der Waals surface area contributed by atoms with Crippen molar-refractivity contribution < 1.29 is 19.4 Å². The number of ketones is 1. The maximum atomic E-state index is 13.7. The Balaban J connectivity index is 1.89. The van der Waals surface area contributed by atoms with Crippen LogP contribution >= 0.6 is 0 Å². The van der Waals surface area contributed by atoms with Crippen LogP contribution in [-0.2, 0) is 14.3 Å². The van der Waals surface area contributed by atoms with Crippen LogP contribution in [0.2, 0.25) is 0 Å². The van der Waals surface area contributed by atoms with Gasteiger partial charge in [0, 0.05) is 23.9 Å². The Morgan fingerprint density at radius 3 is 2.56 bits per heavy atom. The number of hydrogen-bond acceptors (Lipinski definition) is 4. The van der Waals surface area contributed by atoms with E-state index in [9.17, 15) is 9.90 Å². The predicted molar refractivity (Wildman–Crippen MR) is 95.1 cm³/mol. The highest BCUT2D eigenvalue weighted by atomic mass is 16.5. The molecule has 6 atom stereocenters. The van der Waals surface area contributed by atoms with Crippen molar-refractivity contribution in [3.8, 4) is 0 Å². The highest BCUT2D eigenvalue weighted by Gasteiger charge is 2.63. The van der Waals surface area contributed by atoms with Crippen molar-refractivity contribution in [3.63, 3.8) is 0 Å². The number of carbonyl (C=O) groups is 1. The number of aliphatic hydroxyl groups is 1. The lowest BCUT2D eigenvalue weighted by Gasteiger charge is -2.61. The number of allylic oxidation sites excluding steroid dienone is 1. The summed E-state index contributed by atoms with van der Waals surface area (Å²) in [6, 6.07) is 0. The molecule has 6 unspecified atom stereocenters. The molecule has 3 aliphatic carbocycles. The van der Waals surface area contributed by atoms with Gasteiger partial charge in [0.1, 0.15) is 6.10 Å². The van der Waals surface area contributed by atoms with Gasteiger partial charge in [-0.15, -0.1) is 0 Å². The molecule has 0 aromatic heterocycles. The van der Waals surface area contributed by atoms with E-state index in [0.717, 1.165) is 37.9 Å². The fourth-order valence-electron chi connectivity index (χ4n) is 6.35. The van der Waals surface area contributed by atoms with Gasteiger partial charge in [0.25, 0.3) is 0 Å². The van der Waals surface area contributed by atoms with Crippen LogP contribution in [0.1, 0.15) is 59.8 Å². The van der Waals surface area contributed by atoms with E-state index in [4.69, 9.17) is 9.47 Å². The third-order valence-electron chi connectivity index (χ3n) is 8.33. The molecule has 2 bridgehead atoms. The fraction of sp³-hybridized carbons (Fsp3) is 0.857.